The van der Waals surface area contributed by atoms with Crippen LogP contribution in [0.2, 0.25) is 10.0 Å². The zero-order chi connectivity index (χ0) is 9.14. The van der Waals surface area contributed by atoms with Crippen molar-refractivity contribution in [2.75, 3.05) is 0 Å². The second kappa shape index (κ2) is 3.98. The summed E-state index contributed by atoms with van der Waals surface area (Å²) in [5.41, 5.74) is 5.29. The molecule has 6 heteroatoms. The number of oxime groups is 1. The van der Waals surface area contributed by atoms with Crippen molar-refractivity contribution in [1.29, 1.82) is 0 Å². The molecule has 0 bridgehead atoms. The highest BCUT2D eigenvalue weighted by atomic mass is 35.5. The standard InChI is InChI=1S/C6H6Cl2N2OS/c7-3-2-12-4(6(3)8)1-5(9)10-11/h2,11H,1H2,(H2,9,10). The summed E-state index contributed by atoms with van der Waals surface area (Å²) < 4.78 is 0. The van der Waals surface area contributed by atoms with Gasteiger partial charge in [-0.25, -0.2) is 0 Å². The van der Waals surface area contributed by atoms with Crippen LogP contribution in [-0.4, -0.2) is 11.0 Å². The Balaban J connectivity index is 2.83. The Morgan fingerprint density at radius 3 is 2.75 bits per heavy atom. The number of nitrogens with two attached hydrogens (primary N) is 1. The van der Waals surface area contributed by atoms with Gasteiger partial charge in [-0.2, -0.15) is 0 Å². The molecule has 1 rings (SSSR count). The Morgan fingerprint density at radius 2 is 2.33 bits per heavy atom. The van der Waals surface area contributed by atoms with Gasteiger partial charge in [0.05, 0.1) is 10.0 Å². The molecule has 0 atom stereocenters. The average Bonchev–Trinajstić information content (AvgIpc) is 2.36. The summed E-state index contributed by atoms with van der Waals surface area (Å²) in [7, 11) is 0. The fourth-order valence-electron chi connectivity index (χ4n) is 0.679. The summed E-state index contributed by atoms with van der Waals surface area (Å²) in [6, 6.07) is 0. The molecule has 0 amide bonds. The van der Waals surface area contributed by atoms with Gasteiger partial charge in [0.1, 0.15) is 5.84 Å². The van der Waals surface area contributed by atoms with Gasteiger partial charge in [-0.1, -0.05) is 28.4 Å². The number of thiophene rings is 1. The summed E-state index contributed by atoms with van der Waals surface area (Å²) in [5, 5.41) is 13.8. The minimum absolute atomic E-state index is 0.121. The fraction of sp³-hybridized carbons (Fsp3) is 0.167. The number of rotatable bonds is 2. The largest absolute Gasteiger partial charge is 0.409 e. The molecule has 0 spiro atoms. The van der Waals surface area contributed by atoms with Crippen molar-refractivity contribution in [3.05, 3.63) is 20.3 Å². The van der Waals surface area contributed by atoms with Crippen LogP contribution in [0.15, 0.2) is 10.5 Å². The minimum Gasteiger partial charge on any atom is -0.409 e. The Morgan fingerprint density at radius 1 is 1.67 bits per heavy atom. The third-order valence-electron chi connectivity index (χ3n) is 1.23. The lowest BCUT2D eigenvalue weighted by molar-refractivity contribution is 0.317. The molecule has 1 aromatic heterocycles. The topological polar surface area (TPSA) is 58.6 Å². The highest BCUT2D eigenvalue weighted by Crippen LogP contribution is 2.31. The van der Waals surface area contributed by atoms with Crippen LogP contribution in [0, 0.1) is 0 Å². The first-order chi connectivity index (χ1) is 5.65. The van der Waals surface area contributed by atoms with Crippen LogP contribution in [-0.2, 0) is 6.42 Å². The molecule has 0 aliphatic rings. The zero-order valence-corrected chi connectivity index (χ0v) is 8.25. The van der Waals surface area contributed by atoms with Crippen LogP contribution in [0.25, 0.3) is 0 Å². The van der Waals surface area contributed by atoms with Gasteiger partial charge in [0.2, 0.25) is 0 Å². The van der Waals surface area contributed by atoms with Crippen LogP contribution < -0.4 is 5.73 Å². The molecular formula is C6H6Cl2N2OS. The van der Waals surface area contributed by atoms with Crippen LogP contribution in [0.3, 0.4) is 0 Å². The molecule has 0 radical (unpaired) electrons. The van der Waals surface area contributed by atoms with Crippen molar-refractivity contribution in [2.24, 2.45) is 10.9 Å². The van der Waals surface area contributed by atoms with E-state index >= 15 is 0 Å². The lowest BCUT2D eigenvalue weighted by Crippen LogP contribution is -2.13. The maximum atomic E-state index is 8.29. The first kappa shape index (κ1) is 9.64. The quantitative estimate of drug-likeness (QED) is 0.351. The summed E-state index contributed by atoms with van der Waals surface area (Å²) >= 11 is 12.9. The van der Waals surface area contributed by atoms with Crippen molar-refractivity contribution >= 4 is 40.4 Å². The zero-order valence-electron chi connectivity index (χ0n) is 5.92. The molecule has 0 saturated carbocycles. The van der Waals surface area contributed by atoms with E-state index in [-0.39, 0.29) is 5.84 Å². The van der Waals surface area contributed by atoms with Crippen LogP contribution in [0.1, 0.15) is 4.88 Å². The van der Waals surface area contributed by atoms with Gasteiger partial charge in [-0.3, -0.25) is 0 Å². The smallest absolute Gasteiger partial charge is 0.144 e. The third-order valence-corrected chi connectivity index (χ3v) is 3.28. The number of halogens is 2. The molecular weight excluding hydrogens is 219 g/mol. The summed E-state index contributed by atoms with van der Waals surface area (Å²) in [6.07, 6.45) is 0.326. The number of amidine groups is 1. The molecule has 0 aliphatic heterocycles. The summed E-state index contributed by atoms with van der Waals surface area (Å²) in [5.74, 6) is 0.121. The summed E-state index contributed by atoms with van der Waals surface area (Å²) in [4.78, 5) is 0.803. The van der Waals surface area contributed by atoms with Crippen LogP contribution in [0.4, 0.5) is 0 Å². The molecule has 0 aromatic carbocycles. The van der Waals surface area contributed by atoms with E-state index in [1.165, 1.54) is 11.3 Å². The third kappa shape index (κ3) is 2.03. The monoisotopic (exact) mass is 224 g/mol. The Bertz CT molecular complexity index is 310. The first-order valence-electron chi connectivity index (χ1n) is 3.03. The second-order valence-electron chi connectivity index (χ2n) is 2.09. The van der Waals surface area contributed by atoms with E-state index in [4.69, 9.17) is 34.1 Å². The van der Waals surface area contributed by atoms with E-state index in [2.05, 4.69) is 5.16 Å². The van der Waals surface area contributed by atoms with E-state index in [0.29, 0.717) is 16.5 Å². The molecule has 3 nitrogen and oxygen atoms in total. The second-order valence-corrected chi connectivity index (χ2v) is 3.84. The van der Waals surface area contributed by atoms with Crippen molar-refractivity contribution in [2.45, 2.75) is 6.42 Å². The molecule has 1 heterocycles. The minimum atomic E-state index is 0.121. The van der Waals surface area contributed by atoms with Gasteiger partial charge in [-0.05, 0) is 0 Å². The van der Waals surface area contributed by atoms with Crippen molar-refractivity contribution in [3.8, 4) is 0 Å². The normalized spacial score (nSPS) is 12.0. The molecule has 3 N–H and O–H groups in total. The van der Waals surface area contributed by atoms with Gasteiger partial charge in [0.25, 0.3) is 0 Å². The Labute approximate surface area is 83.4 Å². The average molecular weight is 225 g/mol. The van der Waals surface area contributed by atoms with E-state index in [0.717, 1.165) is 4.88 Å². The maximum Gasteiger partial charge on any atom is 0.144 e. The predicted octanol–water partition coefficient (Wildman–Crippen LogP) is 2.34. The van der Waals surface area contributed by atoms with Gasteiger partial charge in [-0.15, -0.1) is 11.3 Å². The molecule has 0 saturated heterocycles. The van der Waals surface area contributed by atoms with Crippen LogP contribution in [0.5, 0.6) is 0 Å². The van der Waals surface area contributed by atoms with E-state index in [1.54, 1.807) is 5.38 Å². The van der Waals surface area contributed by atoms with E-state index < -0.39 is 0 Å². The van der Waals surface area contributed by atoms with Gasteiger partial charge < -0.3 is 10.9 Å². The van der Waals surface area contributed by atoms with E-state index in [1.807, 2.05) is 0 Å². The molecule has 66 valence electrons. The van der Waals surface area contributed by atoms with Crippen molar-refractivity contribution in [1.82, 2.24) is 0 Å². The van der Waals surface area contributed by atoms with Gasteiger partial charge in [0.15, 0.2) is 0 Å². The van der Waals surface area contributed by atoms with Crippen LogP contribution >= 0.6 is 34.5 Å². The SMILES string of the molecule is NC(Cc1scc(Cl)c1Cl)=NO. The van der Waals surface area contributed by atoms with Crippen molar-refractivity contribution < 1.29 is 5.21 Å². The lowest BCUT2D eigenvalue weighted by Gasteiger charge is -1.95. The molecule has 1 aromatic rings. The number of hydrogen-bond acceptors (Lipinski definition) is 3. The lowest BCUT2D eigenvalue weighted by atomic mass is 10.3. The molecule has 12 heavy (non-hydrogen) atoms. The first-order valence-corrected chi connectivity index (χ1v) is 4.66. The number of hydrogen-bond donors (Lipinski definition) is 2. The molecule has 0 unspecified atom stereocenters. The van der Waals surface area contributed by atoms with Crippen molar-refractivity contribution in [3.63, 3.8) is 0 Å². The summed E-state index contributed by atoms with van der Waals surface area (Å²) in [6.45, 7) is 0. The van der Waals surface area contributed by atoms with Gasteiger partial charge >= 0.3 is 0 Å². The fourth-order valence-corrected chi connectivity index (χ4v) is 2.11. The predicted molar refractivity (Wildman–Crippen MR) is 51.5 cm³/mol. The highest BCUT2D eigenvalue weighted by molar-refractivity contribution is 7.11. The Hall–Kier alpha value is -0.450. The number of nitrogens with zero attached hydrogens (tertiary/aromatic N) is 1. The Kier molecular flexibility index (Phi) is 3.20. The molecule has 0 fully saturated rings. The van der Waals surface area contributed by atoms with E-state index in [9.17, 15) is 0 Å². The molecule has 0 aliphatic carbocycles. The van der Waals surface area contributed by atoms with Gasteiger partial charge in [0, 0.05) is 16.7 Å². The highest BCUT2D eigenvalue weighted by Gasteiger charge is 2.08. The maximum absolute atomic E-state index is 8.29.